The first-order valence-electron chi connectivity index (χ1n) is 13.5. The summed E-state index contributed by atoms with van der Waals surface area (Å²) in [6.45, 7) is 3.99. The van der Waals surface area contributed by atoms with Gasteiger partial charge in [-0.05, 0) is 78.6 Å². The standard InChI is InChI=1S/C34H26F3NO5/c1-19-14-25-27(15-20(19)2)43-32-29(31(25)39)30(38(33(32)40)24-11-7-10-23(17-24)34(35,36)37)22-12-13-26(28(16-22)41-3)42-18-21-8-5-4-6-9-21/h4-17,30H,18H2,1-3H3. The van der Waals surface area contributed by atoms with E-state index >= 15 is 0 Å². The van der Waals surface area contributed by atoms with Gasteiger partial charge in [-0.25, -0.2) is 0 Å². The average molecular weight is 586 g/mol. The maximum Gasteiger partial charge on any atom is 0.416 e. The number of anilines is 1. The molecule has 9 heteroatoms. The van der Waals surface area contributed by atoms with Crippen molar-refractivity contribution >= 4 is 22.6 Å². The molecule has 0 radical (unpaired) electrons. The van der Waals surface area contributed by atoms with Crippen LogP contribution in [0.1, 0.15) is 50.0 Å². The van der Waals surface area contributed by atoms with E-state index in [4.69, 9.17) is 13.9 Å². The molecular weight excluding hydrogens is 559 g/mol. The fourth-order valence-corrected chi connectivity index (χ4v) is 5.35. The van der Waals surface area contributed by atoms with Crippen LogP contribution in [0.5, 0.6) is 11.5 Å². The van der Waals surface area contributed by atoms with E-state index in [1.807, 2.05) is 44.2 Å². The molecule has 1 aliphatic rings. The molecule has 0 N–H and O–H groups in total. The summed E-state index contributed by atoms with van der Waals surface area (Å²) in [5.41, 5.74) is 1.97. The Morgan fingerprint density at radius 3 is 2.33 bits per heavy atom. The van der Waals surface area contributed by atoms with Crippen molar-refractivity contribution in [2.45, 2.75) is 32.7 Å². The molecule has 5 aromatic rings. The van der Waals surface area contributed by atoms with Gasteiger partial charge >= 0.3 is 6.18 Å². The summed E-state index contributed by atoms with van der Waals surface area (Å²) in [7, 11) is 1.46. The molecular formula is C34H26F3NO5. The van der Waals surface area contributed by atoms with Gasteiger partial charge in [-0.1, -0.05) is 42.5 Å². The molecule has 1 atom stereocenters. The van der Waals surface area contributed by atoms with Crippen LogP contribution in [0.2, 0.25) is 0 Å². The predicted octanol–water partition coefficient (Wildman–Crippen LogP) is 7.77. The molecule has 6 rings (SSSR count). The number of hydrogen-bond donors (Lipinski definition) is 0. The first-order valence-corrected chi connectivity index (χ1v) is 13.5. The highest BCUT2D eigenvalue weighted by Gasteiger charge is 2.44. The average Bonchev–Trinajstić information content (AvgIpc) is 3.29. The Kier molecular flexibility index (Phi) is 6.96. The molecule has 1 aliphatic heterocycles. The maximum atomic E-state index is 14.0. The highest BCUT2D eigenvalue weighted by atomic mass is 19.4. The number of amides is 1. The third-order valence-electron chi connectivity index (χ3n) is 7.68. The summed E-state index contributed by atoms with van der Waals surface area (Å²) in [6.07, 6.45) is -4.64. The molecule has 0 saturated carbocycles. The zero-order chi connectivity index (χ0) is 30.5. The van der Waals surface area contributed by atoms with Crippen LogP contribution in [-0.2, 0) is 12.8 Å². The number of carbonyl (C=O) groups is 1. The number of hydrogen-bond acceptors (Lipinski definition) is 5. The molecule has 1 unspecified atom stereocenters. The van der Waals surface area contributed by atoms with Gasteiger partial charge in [0.1, 0.15) is 12.2 Å². The van der Waals surface area contributed by atoms with E-state index in [0.29, 0.717) is 17.1 Å². The minimum atomic E-state index is -4.64. The number of ether oxygens (including phenoxy) is 2. The number of fused-ring (bicyclic) bond motifs is 2. The number of alkyl halides is 3. The van der Waals surface area contributed by atoms with Gasteiger partial charge in [0.15, 0.2) is 16.9 Å². The predicted molar refractivity (Wildman–Crippen MR) is 156 cm³/mol. The zero-order valence-electron chi connectivity index (χ0n) is 23.5. The summed E-state index contributed by atoms with van der Waals surface area (Å²) in [4.78, 5) is 29.1. The lowest BCUT2D eigenvalue weighted by Gasteiger charge is -2.26. The Bertz CT molecular complexity index is 1930. The largest absolute Gasteiger partial charge is 0.493 e. The summed E-state index contributed by atoms with van der Waals surface area (Å²) in [5, 5.41) is 0.278. The van der Waals surface area contributed by atoms with Gasteiger partial charge in [0, 0.05) is 5.69 Å². The number of carbonyl (C=O) groups excluding carboxylic acids is 1. The van der Waals surface area contributed by atoms with Crippen molar-refractivity contribution in [1.29, 1.82) is 0 Å². The maximum absolute atomic E-state index is 14.0. The quantitative estimate of drug-likeness (QED) is 0.204. The van der Waals surface area contributed by atoms with E-state index in [1.165, 1.54) is 24.1 Å². The van der Waals surface area contributed by atoms with E-state index in [9.17, 15) is 22.8 Å². The van der Waals surface area contributed by atoms with Crippen LogP contribution in [0.4, 0.5) is 18.9 Å². The molecule has 4 aromatic carbocycles. The molecule has 43 heavy (non-hydrogen) atoms. The second-order valence-corrected chi connectivity index (χ2v) is 10.4. The Balaban J connectivity index is 1.52. The number of rotatable bonds is 6. The summed E-state index contributed by atoms with van der Waals surface area (Å²) in [6, 6.07) is 21.2. The molecule has 218 valence electrons. The smallest absolute Gasteiger partial charge is 0.416 e. The molecule has 2 heterocycles. The van der Waals surface area contributed by atoms with E-state index in [1.54, 1.807) is 30.3 Å². The Labute approximate surface area is 244 Å². The van der Waals surface area contributed by atoms with Gasteiger partial charge in [-0.15, -0.1) is 0 Å². The van der Waals surface area contributed by atoms with Crippen molar-refractivity contribution in [2.75, 3.05) is 12.0 Å². The van der Waals surface area contributed by atoms with Gasteiger partial charge in [-0.3, -0.25) is 14.5 Å². The first kappa shape index (κ1) is 28.1. The van der Waals surface area contributed by atoms with E-state index < -0.39 is 29.1 Å². The molecule has 1 aromatic heterocycles. The second kappa shape index (κ2) is 10.7. The Morgan fingerprint density at radius 2 is 1.60 bits per heavy atom. The van der Waals surface area contributed by atoms with Gasteiger partial charge in [-0.2, -0.15) is 13.2 Å². The van der Waals surface area contributed by atoms with E-state index in [-0.39, 0.29) is 34.6 Å². The molecule has 0 saturated heterocycles. The van der Waals surface area contributed by atoms with Gasteiger partial charge < -0.3 is 13.9 Å². The van der Waals surface area contributed by atoms with Crippen molar-refractivity contribution in [1.82, 2.24) is 0 Å². The number of methoxy groups -OCH3 is 1. The monoisotopic (exact) mass is 585 g/mol. The highest BCUT2D eigenvalue weighted by Crippen LogP contribution is 2.44. The minimum Gasteiger partial charge on any atom is -0.493 e. The normalized spacial score (nSPS) is 14.7. The third kappa shape index (κ3) is 5.01. The van der Waals surface area contributed by atoms with E-state index in [0.717, 1.165) is 28.8 Å². The zero-order valence-corrected chi connectivity index (χ0v) is 23.5. The van der Waals surface area contributed by atoms with Crippen molar-refractivity contribution in [3.63, 3.8) is 0 Å². The SMILES string of the molecule is COc1cc(C2c3c(oc4cc(C)c(C)cc4c3=O)C(=O)N2c2cccc(C(F)(F)F)c2)ccc1OCc1ccccc1. The lowest BCUT2D eigenvalue weighted by atomic mass is 9.96. The van der Waals surface area contributed by atoms with Crippen LogP contribution in [0.3, 0.4) is 0 Å². The number of halogens is 3. The molecule has 0 aliphatic carbocycles. The summed E-state index contributed by atoms with van der Waals surface area (Å²) in [5.74, 6) is -0.191. The van der Waals surface area contributed by atoms with Gasteiger partial charge in [0.2, 0.25) is 5.76 Å². The number of aryl methyl sites for hydroxylation is 2. The van der Waals surface area contributed by atoms with Crippen LogP contribution < -0.4 is 19.8 Å². The molecule has 0 spiro atoms. The second-order valence-electron chi connectivity index (χ2n) is 10.4. The van der Waals surface area contributed by atoms with Crippen molar-refractivity contribution in [3.8, 4) is 11.5 Å². The topological polar surface area (TPSA) is 69.0 Å². The minimum absolute atomic E-state index is 0.0320. The van der Waals surface area contributed by atoms with Crippen LogP contribution in [0.15, 0.2) is 94.1 Å². The molecule has 0 bridgehead atoms. The van der Waals surface area contributed by atoms with Crippen LogP contribution in [-0.4, -0.2) is 13.0 Å². The number of benzene rings is 4. The molecule has 0 fully saturated rings. The molecule has 6 nitrogen and oxygen atoms in total. The van der Waals surface area contributed by atoms with Crippen LogP contribution in [0, 0.1) is 13.8 Å². The van der Waals surface area contributed by atoms with Crippen LogP contribution >= 0.6 is 0 Å². The van der Waals surface area contributed by atoms with Crippen molar-refractivity contribution in [3.05, 3.63) is 134 Å². The van der Waals surface area contributed by atoms with Crippen molar-refractivity contribution < 1.29 is 31.9 Å². The Hall–Kier alpha value is -5.05. The highest BCUT2D eigenvalue weighted by molar-refractivity contribution is 6.10. The van der Waals surface area contributed by atoms with Gasteiger partial charge in [0.05, 0.1) is 29.7 Å². The van der Waals surface area contributed by atoms with E-state index in [2.05, 4.69) is 0 Å². The van der Waals surface area contributed by atoms with Crippen molar-refractivity contribution in [2.24, 2.45) is 0 Å². The lowest BCUT2D eigenvalue weighted by molar-refractivity contribution is -0.137. The molecule has 1 amide bonds. The fourth-order valence-electron chi connectivity index (χ4n) is 5.35. The number of nitrogens with zero attached hydrogens (tertiary/aromatic N) is 1. The summed E-state index contributed by atoms with van der Waals surface area (Å²) < 4.78 is 58.7. The lowest BCUT2D eigenvalue weighted by Crippen LogP contribution is -2.29. The fraction of sp³-hybridized carbons (Fsp3) is 0.176. The summed E-state index contributed by atoms with van der Waals surface area (Å²) >= 11 is 0. The van der Waals surface area contributed by atoms with Gasteiger partial charge in [0.25, 0.3) is 5.91 Å². The first-order chi connectivity index (χ1) is 20.6. The Morgan fingerprint density at radius 1 is 0.860 bits per heavy atom. The third-order valence-corrected chi connectivity index (χ3v) is 7.68. The van der Waals surface area contributed by atoms with Crippen LogP contribution in [0.25, 0.3) is 11.0 Å².